The molecule has 17 heteroatoms. The number of carbonyl (C=O) groups is 2. The lowest BCUT2D eigenvalue weighted by molar-refractivity contribution is -0.138. The van der Waals surface area contributed by atoms with Crippen molar-refractivity contribution in [2.24, 2.45) is 5.92 Å². The number of ether oxygens (including phenoxy) is 6. The highest BCUT2D eigenvalue weighted by Gasteiger charge is 2.33. The number of carboxylic acid groups (broad SMARTS) is 2. The zero-order chi connectivity index (χ0) is 54.1. The minimum Gasteiger partial charge on any atom is -0.493 e. The molecule has 398 valence electrons. The van der Waals surface area contributed by atoms with Crippen molar-refractivity contribution in [3.63, 3.8) is 0 Å². The minimum atomic E-state index is -4.52. The Kier molecular flexibility index (Phi) is 14.6. The van der Waals surface area contributed by atoms with Crippen LogP contribution < -0.4 is 28.4 Å². The zero-order valence-electron chi connectivity index (χ0n) is 41.7. The highest BCUT2D eigenvalue weighted by molar-refractivity contribution is 6.32. The van der Waals surface area contributed by atoms with E-state index in [1.807, 2.05) is 65.2 Å². The van der Waals surface area contributed by atoms with Gasteiger partial charge in [-0.25, -0.2) is 9.59 Å². The molecule has 12 nitrogen and oxygen atoms in total. The Morgan fingerprint density at radius 3 is 1.47 bits per heavy atom. The van der Waals surface area contributed by atoms with Crippen LogP contribution in [-0.2, 0) is 25.9 Å². The largest absolute Gasteiger partial charge is 0.493 e. The van der Waals surface area contributed by atoms with Crippen LogP contribution in [0.15, 0.2) is 146 Å². The number of nitrogens with zero attached hydrogens (tertiary/aromatic N) is 2. The van der Waals surface area contributed by atoms with Crippen molar-refractivity contribution in [1.82, 2.24) is 9.13 Å². The van der Waals surface area contributed by atoms with Gasteiger partial charge < -0.3 is 47.8 Å². The Morgan fingerprint density at radius 2 is 1.00 bits per heavy atom. The second kappa shape index (κ2) is 22.0. The fraction of sp³-hybridized carbons (Fsp3) is 0.213. The lowest BCUT2D eigenvalue weighted by atomic mass is 9.90. The monoisotopic (exact) mass is 1100 g/mol. The fourth-order valence-corrected chi connectivity index (χ4v) is 11.0. The number of halogens is 5. The number of hydrogen-bond acceptors (Lipinski definition) is 8. The Morgan fingerprint density at radius 1 is 0.551 bits per heavy atom. The molecule has 0 atom stereocenters. The topological polar surface area (TPSA) is 140 Å². The molecule has 1 saturated carbocycles. The van der Waals surface area contributed by atoms with Crippen molar-refractivity contribution in [3.05, 3.63) is 189 Å². The number of alkyl halides is 3. The van der Waals surface area contributed by atoms with E-state index >= 15 is 0 Å². The van der Waals surface area contributed by atoms with Crippen LogP contribution in [0.5, 0.6) is 34.5 Å². The van der Waals surface area contributed by atoms with Crippen LogP contribution in [0.1, 0.15) is 75.3 Å². The number of carboxylic acids is 2. The van der Waals surface area contributed by atoms with E-state index in [1.165, 1.54) is 50.3 Å². The number of fused-ring (bicyclic) bond motifs is 4. The molecule has 0 radical (unpaired) electrons. The maximum atomic E-state index is 13.5. The van der Waals surface area contributed by atoms with Crippen molar-refractivity contribution in [1.29, 1.82) is 0 Å². The number of aromatic nitrogens is 2. The van der Waals surface area contributed by atoms with Gasteiger partial charge in [0.2, 0.25) is 13.6 Å². The molecule has 2 aromatic heterocycles. The van der Waals surface area contributed by atoms with E-state index in [2.05, 4.69) is 0 Å². The molecular weight excluding hydrogens is 1050 g/mol. The van der Waals surface area contributed by atoms with Crippen LogP contribution >= 0.6 is 23.2 Å². The van der Waals surface area contributed by atoms with Gasteiger partial charge in [-0.05, 0) is 95.6 Å². The molecule has 0 saturated heterocycles. The molecule has 3 aliphatic rings. The molecule has 0 amide bonds. The lowest BCUT2D eigenvalue weighted by Gasteiger charge is -2.21. The number of benzene rings is 7. The summed E-state index contributed by atoms with van der Waals surface area (Å²) in [5.74, 6) is 1.68. The normalized spacial score (nSPS) is 13.9. The summed E-state index contributed by atoms with van der Waals surface area (Å²) in [6.07, 6.45) is 1.72. The van der Waals surface area contributed by atoms with E-state index in [0.717, 1.165) is 33.8 Å². The maximum absolute atomic E-state index is 13.5. The molecule has 9 aromatic rings. The van der Waals surface area contributed by atoms with Gasteiger partial charge in [0, 0.05) is 60.7 Å². The van der Waals surface area contributed by atoms with E-state index in [0.29, 0.717) is 84.5 Å². The van der Waals surface area contributed by atoms with Crippen LogP contribution in [0.4, 0.5) is 13.2 Å². The molecule has 2 N–H and O–H groups in total. The van der Waals surface area contributed by atoms with Crippen LogP contribution in [0.3, 0.4) is 0 Å². The molecule has 2 aliphatic heterocycles. The summed E-state index contributed by atoms with van der Waals surface area (Å²) >= 11 is 13.1. The van der Waals surface area contributed by atoms with Gasteiger partial charge in [-0.15, -0.1) is 0 Å². The van der Waals surface area contributed by atoms with E-state index in [1.54, 1.807) is 65.2 Å². The number of rotatable bonds is 14. The predicted octanol–water partition coefficient (Wildman–Crippen LogP) is 15.4. The Bertz CT molecular complexity index is 3730. The fourth-order valence-electron chi connectivity index (χ4n) is 10.6. The standard InChI is InChI=1S/C31H21ClF3NO5.C30H28ClNO5/c32-24-14-27-26(40-17-41-27)12-20(24)15-36-25-11-10-21(39-16-19-8-4-5-9-23(19)31(33,34)35)13-22(25)28(29(36)30(37)38)18-6-2-1-3-7-18;31-24-15-27-26(36-18-37-27)13-21(24)16-32-25-12-11-22(35-17-19-7-3-1-4-8-19)14-23(25)28(29(32)30(33)34)20-9-5-2-6-10-20/h1-14H,15-17H2,(H,37,38);2,5-6,9-15,19H,1,3-4,7-8,16-18H2,(H,33,34). The summed E-state index contributed by atoms with van der Waals surface area (Å²) in [5.41, 5.74) is 4.83. The molecule has 1 aliphatic carbocycles. The van der Waals surface area contributed by atoms with Gasteiger partial charge in [-0.3, -0.25) is 0 Å². The average molecular weight is 1100 g/mol. The highest BCUT2D eigenvalue weighted by atomic mass is 35.5. The van der Waals surface area contributed by atoms with Gasteiger partial charge in [-0.2, -0.15) is 13.2 Å². The Labute approximate surface area is 455 Å². The van der Waals surface area contributed by atoms with Gasteiger partial charge in [0.15, 0.2) is 23.0 Å². The molecule has 1 fully saturated rings. The van der Waals surface area contributed by atoms with Crippen LogP contribution in [-0.4, -0.2) is 51.5 Å². The van der Waals surface area contributed by atoms with Gasteiger partial charge in [0.1, 0.15) is 29.5 Å². The molecule has 78 heavy (non-hydrogen) atoms. The molecule has 0 bridgehead atoms. The maximum Gasteiger partial charge on any atom is 0.416 e. The summed E-state index contributed by atoms with van der Waals surface area (Å²) in [6, 6.07) is 41.6. The zero-order valence-corrected chi connectivity index (χ0v) is 43.2. The first-order valence-corrected chi connectivity index (χ1v) is 26.0. The van der Waals surface area contributed by atoms with Crippen molar-refractivity contribution in [3.8, 4) is 56.8 Å². The van der Waals surface area contributed by atoms with Gasteiger partial charge in [0.05, 0.1) is 25.3 Å². The molecule has 12 rings (SSSR count). The third-order valence-corrected chi connectivity index (χ3v) is 15.0. The third-order valence-electron chi connectivity index (χ3n) is 14.3. The second-order valence-corrected chi connectivity index (χ2v) is 20.0. The van der Waals surface area contributed by atoms with Crippen molar-refractivity contribution in [2.45, 2.75) is 58.0 Å². The third kappa shape index (κ3) is 10.6. The van der Waals surface area contributed by atoms with Crippen LogP contribution in [0.2, 0.25) is 10.0 Å². The van der Waals surface area contributed by atoms with E-state index in [9.17, 15) is 33.0 Å². The number of hydrogen-bond donors (Lipinski definition) is 2. The van der Waals surface area contributed by atoms with Crippen molar-refractivity contribution < 1.29 is 61.4 Å². The first kappa shape index (κ1) is 51.8. The first-order valence-electron chi connectivity index (χ1n) is 25.3. The summed E-state index contributed by atoms with van der Waals surface area (Å²) in [4.78, 5) is 25.5. The summed E-state index contributed by atoms with van der Waals surface area (Å²) < 4.78 is 77.8. The van der Waals surface area contributed by atoms with E-state index < -0.39 is 23.7 Å². The SMILES string of the molecule is O=C(O)c1c(-c2ccccc2)c2cc(OCC3CCCCC3)ccc2n1Cc1cc2c(cc1Cl)OCO2.O=C(O)c1c(-c2ccccc2)c2cc(OCc3ccccc3C(F)(F)F)ccc2n1Cc1cc2c(cc1Cl)OCO2. The summed E-state index contributed by atoms with van der Waals surface area (Å²) in [7, 11) is 0. The lowest BCUT2D eigenvalue weighted by Crippen LogP contribution is -2.15. The Balaban J connectivity index is 0.000000166. The quantitative estimate of drug-likeness (QED) is 0.108. The van der Waals surface area contributed by atoms with Crippen LogP contribution in [0.25, 0.3) is 44.1 Å². The summed E-state index contributed by atoms with van der Waals surface area (Å²) in [6.45, 7) is 0.953. The van der Waals surface area contributed by atoms with E-state index in [4.69, 9.17) is 51.6 Å². The summed E-state index contributed by atoms with van der Waals surface area (Å²) in [5, 5.41) is 23.1. The minimum absolute atomic E-state index is 0.00961. The predicted molar refractivity (Wildman–Crippen MR) is 290 cm³/mol. The van der Waals surface area contributed by atoms with Gasteiger partial charge in [-0.1, -0.05) is 121 Å². The van der Waals surface area contributed by atoms with Crippen molar-refractivity contribution in [2.75, 3.05) is 20.2 Å². The highest BCUT2D eigenvalue weighted by Crippen LogP contribution is 2.44. The Hall–Kier alpha value is -8.27. The number of aromatic carboxylic acids is 2. The molecule has 0 spiro atoms. The van der Waals surface area contributed by atoms with Gasteiger partial charge in [0.25, 0.3) is 0 Å². The van der Waals surface area contributed by atoms with Crippen LogP contribution in [0, 0.1) is 5.92 Å². The average Bonchev–Trinajstić information content (AvgIpc) is 4.42. The first-order chi connectivity index (χ1) is 37.8. The molecule has 7 aromatic carbocycles. The van der Waals surface area contributed by atoms with Crippen molar-refractivity contribution >= 4 is 56.9 Å². The van der Waals surface area contributed by atoms with Gasteiger partial charge >= 0.3 is 18.1 Å². The molecular formula is C61H49Cl2F3N2O10. The second-order valence-electron chi connectivity index (χ2n) is 19.2. The molecule has 4 heterocycles. The molecule has 0 unspecified atom stereocenters. The smallest absolute Gasteiger partial charge is 0.416 e. The van der Waals surface area contributed by atoms with E-state index in [-0.39, 0.29) is 50.2 Å².